The Balaban J connectivity index is 0.940. The van der Waals surface area contributed by atoms with Crippen molar-refractivity contribution >= 4 is 71.2 Å². The fourth-order valence-electron chi connectivity index (χ4n) is 9.19. The molecule has 294 valence electrons. The SMILES string of the molecule is c1ccc(-c2cc(-c3ccc(N(c4ccc(-c5ccc6c7ccccc7c7ccccc7c6c5)cc4)c4ccc(-c5cc6ccccc6cn5)cc4)cc3)nc3cccnc23)cc1. The van der Waals surface area contributed by atoms with E-state index in [0.29, 0.717) is 0 Å². The molecule has 0 radical (unpaired) electrons. The number of benzene rings is 9. The van der Waals surface area contributed by atoms with Crippen molar-refractivity contribution in [2.45, 2.75) is 0 Å². The van der Waals surface area contributed by atoms with Crippen LogP contribution in [0.25, 0.3) is 98.9 Å². The van der Waals surface area contributed by atoms with Gasteiger partial charge in [-0.3, -0.25) is 9.97 Å². The Morgan fingerprint density at radius 3 is 1.49 bits per heavy atom. The standard InChI is InChI=1S/C59H38N4/c1-2-11-40(12-3-1)54-37-58(62-56-19-10-34-60-59(54)56)42-24-31-48(32-25-42)63(47-29-22-41(23-30-47)57-36-43-13-4-5-14-45(43)38-61-57)46-27-20-39(21-28-46)44-26-33-53-51-17-7-6-15-49(51)50-16-8-9-18-52(50)55(53)35-44/h1-38H. The second kappa shape index (κ2) is 15.2. The molecule has 12 rings (SSSR count). The second-order valence-electron chi connectivity index (χ2n) is 16.0. The molecule has 0 amide bonds. The summed E-state index contributed by atoms with van der Waals surface area (Å²) in [5, 5.41) is 9.96. The van der Waals surface area contributed by atoms with Gasteiger partial charge in [-0.15, -0.1) is 0 Å². The van der Waals surface area contributed by atoms with Crippen LogP contribution in [0.15, 0.2) is 231 Å². The van der Waals surface area contributed by atoms with E-state index in [4.69, 9.17) is 15.0 Å². The van der Waals surface area contributed by atoms with Crippen LogP contribution in [0.3, 0.4) is 0 Å². The van der Waals surface area contributed by atoms with Crippen molar-refractivity contribution in [3.05, 3.63) is 231 Å². The zero-order valence-electron chi connectivity index (χ0n) is 34.2. The minimum absolute atomic E-state index is 0.869. The Labute approximate surface area is 365 Å². The number of fused-ring (bicyclic) bond motifs is 8. The quantitative estimate of drug-likeness (QED) is 0.151. The lowest BCUT2D eigenvalue weighted by Gasteiger charge is -2.26. The number of rotatable bonds is 7. The van der Waals surface area contributed by atoms with Gasteiger partial charge in [0.05, 0.1) is 22.4 Å². The number of pyridine rings is 3. The van der Waals surface area contributed by atoms with Gasteiger partial charge in [-0.05, 0) is 121 Å². The summed E-state index contributed by atoms with van der Waals surface area (Å²) in [6.45, 7) is 0. The first kappa shape index (κ1) is 36.4. The van der Waals surface area contributed by atoms with E-state index in [-0.39, 0.29) is 0 Å². The van der Waals surface area contributed by atoms with Gasteiger partial charge in [0.1, 0.15) is 0 Å². The molecule has 0 saturated heterocycles. The summed E-state index contributed by atoms with van der Waals surface area (Å²) in [6.07, 6.45) is 3.79. The van der Waals surface area contributed by atoms with Gasteiger partial charge >= 0.3 is 0 Å². The summed E-state index contributed by atoms with van der Waals surface area (Å²) in [7, 11) is 0. The predicted molar refractivity (Wildman–Crippen MR) is 264 cm³/mol. The van der Waals surface area contributed by atoms with E-state index in [2.05, 4.69) is 205 Å². The highest BCUT2D eigenvalue weighted by Gasteiger charge is 2.17. The highest BCUT2D eigenvalue weighted by molar-refractivity contribution is 6.25. The normalized spacial score (nSPS) is 11.5. The molecule has 0 unspecified atom stereocenters. The van der Waals surface area contributed by atoms with Crippen LogP contribution in [0.2, 0.25) is 0 Å². The van der Waals surface area contributed by atoms with Gasteiger partial charge in [-0.1, -0.05) is 152 Å². The average Bonchev–Trinajstić information content (AvgIpc) is 3.37. The maximum atomic E-state index is 5.09. The average molecular weight is 803 g/mol. The first-order valence-electron chi connectivity index (χ1n) is 21.3. The Bertz CT molecular complexity index is 3620. The van der Waals surface area contributed by atoms with Crippen LogP contribution in [0, 0.1) is 0 Å². The van der Waals surface area contributed by atoms with Gasteiger partial charge in [0.25, 0.3) is 0 Å². The van der Waals surface area contributed by atoms with Gasteiger partial charge < -0.3 is 4.90 Å². The van der Waals surface area contributed by atoms with E-state index >= 15 is 0 Å². The lowest BCUT2D eigenvalue weighted by Crippen LogP contribution is -2.09. The monoisotopic (exact) mass is 802 g/mol. The van der Waals surface area contributed by atoms with Gasteiger partial charge in [0.15, 0.2) is 0 Å². The van der Waals surface area contributed by atoms with Crippen LogP contribution in [-0.2, 0) is 0 Å². The molecule has 12 aromatic rings. The van der Waals surface area contributed by atoms with Crippen molar-refractivity contribution in [1.29, 1.82) is 0 Å². The van der Waals surface area contributed by atoms with Crippen LogP contribution < -0.4 is 4.90 Å². The maximum Gasteiger partial charge on any atom is 0.0965 e. The minimum Gasteiger partial charge on any atom is -0.311 e. The molecule has 3 heterocycles. The number of hydrogen-bond donors (Lipinski definition) is 0. The summed E-state index contributed by atoms with van der Waals surface area (Å²) in [5.74, 6) is 0. The van der Waals surface area contributed by atoms with E-state index in [9.17, 15) is 0 Å². The molecule has 0 atom stereocenters. The summed E-state index contributed by atoms with van der Waals surface area (Å²) in [4.78, 5) is 16.9. The van der Waals surface area contributed by atoms with E-state index in [1.807, 2.05) is 30.6 Å². The molecule has 4 nitrogen and oxygen atoms in total. The Morgan fingerprint density at radius 1 is 0.317 bits per heavy atom. The van der Waals surface area contributed by atoms with Crippen LogP contribution in [0.1, 0.15) is 0 Å². The number of anilines is 3. The largest absolute Gasteiger partial charge is 0.311 e. The van der Waals surface area contributed by atoms with Crippen LogP contribution in [0.5, 0.6) is 0 Å². The number of aromatic nitrogens is 3. The first-order chi connectivity index (χ1) is 31.2. The molecule has 0 aliphatic rings. The lowest BCUT2D eigenvalue weighted by atomic mass is 9.92. The molecule has 0 bridgehead atoms. The molecule has 4 heteroatoms. The molecular weight excluding hydrogens is 765 g/mol. The van der Waals surface area contributed by atoms with Crippen LogP contribution in [0.4, 0.5) is 17.1 Å². The minimum atomic E-state index is 0.869. The molecule has 0 N–H and O–H groups in total. The molecular formula is C59H38N4. The highest BCUT2D eigenvalue weighted by atomic mass is 15.1. The molecule has 3 aromatic heterocycles. The maximum absolute atomic E-state index is 5.09. The summed E-state index contributed by atoms with van der Waals surface area (Å²) in [5.41, 5.74) is 13.4. The zero-order chi connectivity index (χ0) is 41.7. The predicted octanol–water partition coefficient (Wildman–Crippen LogP) is 15.8. The molecule has 0 saturated carbocycles. The fourth-order valence-corrected chi connectivity index (χ4v) is 9.19. The molecule has 63 heavy (non-hydrogen) atoms. The van der Waals surface area contributed by atoms with Crippen molar-refractivity contribution in [2.24, 2.45) is 0 Å². The van der Waals surface area contributed by atoms with E-state index in [0.717, 1.165) is 72.7 Å². The van der Waals surface area contributed by atoms with Crippen LogP contribution in [-0.4, -0.2) is 15.0 Å². The molecule has 0 spiro atoms. The van der Waals surface area contributed by atoms with Crippen molar-refractivity contribution in [1.82, 2.24) is 15.0 Å². The third kappa shape index (κ3) is 6.53. The van der Waals surface area contributed by atoms with E-state index in [1.54, 1.807) is 0 Å². The van der Waals surface area contributed by atoms with Crippen molar-refractivity contribution in [2.75, 3.05) is 4.90 Å². The fraction of sp³-hybridized carbons (Fsp3) is 0. The molecule has 0 fully saturated rings. The van der Waals surface area contributed by atoms with Gasteiger partial charge in [-0.2, -0.15) is 0 Å². The van der Waals surface area contributed by atoms with Crippen molar-refractivity contribution in [3.63, 3.8) is 0 Å². The Morgan fingerprint density at radius 2 is 0.841 bits per heavy atom. The number of nitrogens with zero attached hydrogens (tertiary/aromatic N) is 4. The summed E-state index contributed by atoms with van der Waals surface area (Å²) < 4.78 is 0. The van der Waals surface area contributed by atoms with E-state index in [1.165, 1.54) is 43.3 Å². The van der Waals surface area contributed by atoms with Crippen molar-refractivity contribution in [3.8, 4) is 44.8 Å². The molecule has 0 aliphatic heterocycles. The van der Waals surface area contributed by atoms with Gasteiger partial charge in [0.2, 0.25) is 0 Å². The summed E-state index contributed by atoms with van der Waals surface area (Å²) >= 11 is 0. The van der Waals surface area contributed by atoms with Gasteiger partial charge in [-0.25, -0.2) is 4.98 Å². The summed E-state index contributed by atoms with van der Waals surface area (Å²) in [6, 6.07) is 77.9. The highest BCUT2D eigenvalue weighted by Crippen LogP contribution is 2.41. The van der Waals surface area contributed by atoms with Crippen LogP contribution >= 0.6 is 0 Å². The smallest absolute Gasteiger partial charge is 0.0965 e. The molecule has 0 aliphatic carbocycles. The van der Waals surface area contributed by atoms with E-state index < -0.39 is 0 Å². The topological polar surface area (TPSA) is 41.9 Å². The third-order valence-electron chi connectivity index (χ3n) is 12.3. The second-order valence-corrected chi connectivity index (χ2v) is 16.0. The Hall–Kier alpha value is -8.47. The lowest BCUT2D eigenvalue weighted by molar-refractivity contribution is 1.28. The molecule has 9 aromatic carbocycles. The van der Waals surface area contributed by atoms with Gasteiger partial charge in [0, 0.05) is 51.5 Å². The zero-order valence-corrected chi connectivity index (χ0v) is 34.2. The number of hydrogen-bond acceptors (Lipinski definition) is 4. The van der Waals surface area contributed by atoms with Crippen molar-refractivity contribution < 1.29 is 0 Å². The third-order valence-corrected chi connectivity index (χ3v) is 12.3. The Kier molecular flexibility index (Phi) is 8.79. The first-order valence-corrected chi connectivity index (χ1v) is 21.3.